The first-order valence-electron chi connectivity index (χ1n) is 5.04. The number of hydrogen-bond acceptors (Lipinski definition) is 3. The Morgan fingerprint density at radius 2 is 2.40 bits per heavy atom. The van der Waals surface area contributed by atoms with Crippen molar-refractivity contribution in [2.45, 2.75) is 18.9 Å². The summed E-state index contributed by atoms with van der Waals surface area (Å²) < 4.78 is 0. The molecule has 1 fully saturated rings. The zero-order valence-electron chi connectivity index (χ0n) is 8.26. The SMILES string of the molecule is Clc1cnc(NCC2CCCN2)c(Cl)c1. The number of aromatic nitrogens is 1. The standard InChI is InChI=1S/C10H13Cl2N3/c11-7-4-9(12)10(14-5-7)15-6-8-2-1-3-13-8/h4-5,8,13H,1-3,6H2,(H,14,15). The number of nitrogens with zero attached hydrogens (tertiary/aromatic N) is 1. The number of nitrogens with one attached hydrogen (secondary N) is 2. The largest absolute Gasteiger partial charge is 0.367 e. The molecule has 2 N–H and O–H groups in total. The van der Waals surface area contributed by atoms with E-state index in [1.807, 2.05) is 0 Å². The average Bonchev–Trinajstić information content (AvgIpc) is 2.69. The van der Waals surface area contributed by atoms with Crippen LogP contribution in [0.15, 0.2) is 12.3 Å². The Balaban J connectivity index is 1.92. The van der Waals surface area contributed by atoms with Gasteiger partial charge in [-0.2, -0.15) is 0 Å². The molecular formula is C10H13Cl2N3. The molecule has 1 aromatic heterocycles. The number of anilines is 1. The highest BCUT2D eigenvalue weighted by Crippen LogP contribution is 2.22. The van der Waals surface area contributed by atoms with E-state index in [1.54, 1.807) is 12.3 Å². The van der Waals surface area contributed by atoms with Crippen molar-refractivity contribution in [2.24, 2.45) is 0 Å². The van der Waals surface area contributed by atoms with Gasteiger partial charge in [0, 0.05) is 18.8 Å². The predicted molar refractivity (Wildman–Crippen MR) is 63.8 cm³/mol. The van der Waals surface area contributed by atoms with E-state index < -0.39 is 0 Å². The fraction of sp³-hybridized carbons (Fsp3) is 0.500. The lowest BCUT2D eigenvalue weighted by Gasteiger charge is -2.12. The molecule has 3 nitrogen and oxygen atoms in total. The molecule has 15 heavy (non-hydrogen) atoms. The molecule has 0 aromatic carbocycles. The number of rotatable bonds is 3. The first-order chi connectivity index (χ1) is 7.25. The molecule has 1 aliphatic heterocycles. The quantitative estimate of drug-likeness (QED) is 0.860. The lowest BCUT2D eigenvalue weighted by Crippen LogP contribution is -2.29. The van der Waals surface area contributed by atoms with E-state index >= 15 is 0 Å². The van der Waals surface area contributed by atoms with Crippen LogP contribution >= 0.6 is 23.2 Å². The van der Waals surface area contributed by atoms with Gasteiger partial charge in [0.2, 0.25) is 0 Å². The van der Waals surface area contributed by atoms with Gasteiger partial charge in [0.05, 0.1) is 10.0 Å². The minimum atomic E-state index is 0.526. The third-order valence-electron chi connectivity index (χ3n) is 2.49. The van der Waals surface area contributed by atoms with E-state index in [9.17, 15) is 0 Å². The van der Waals surface area contributed by atoms with Crippen LogP contribution in [0.2, 0.25) is 10.0 Å². The Hall–Kier alpha value is -0.510. The van der Waals surface area contributed by atoms with Gasteiger partial charge in [0.25, 0.3) is 0 Å². The summed E-state index contributed by atoms with van der Waals surface area (Å²) in [6, 6.07) is 2.22. The van der Waals surface area contributed by atoms with Crippen molar-refractivity contribution in [3.63, 3.8) is 0 Å². The van der Waals surface area contributed by atoms with E-state index in [0.29, 0.717) is 21.9 Å². The van der Waals surface area contributed by atoms with Crippen LogP contribution in [-0.2, 0) is 0 Å². The smallest absolute Gasteiger partial charge is 0.144 e. The highest BCUT2D eigenvalue weighted by molar-refractivity contribution is 6.35. The van der Waals surface area contributed by atoms with Crippen LogP contribution in [0.5, 0.6) is 0 Å². The topological polar surface area (TPSA) is 37.0 Å². The summed E-state index contributed by atoms with van der Waals surface area (Å²) >= 11 is 11.7. The second-order valence-corrected chi connectivity index (χ2v) is 4.50. The highest BCUT2D eigenvalue weighted by atomic mass is 35.5. The Kier molecular flexibility index (Phi) is 3.67. The molecule has 0 saturated carbocycles. The van der Waals surface area contributed by atoms with Crippen LogP contribution < -0.4 is 10.6 Å². The molecule has 0 bridgehead atoms. The monoisotopic (exact) mass is 245 g/mol. The van der Waals surface area contributed by atoms with Gasteiger partial charge in [-0.25, -0.2) is 4.98 Å². The van der Waals surface area contributed by atoms with Crippen molar-refractivity contribution in [3.8, 4) is 0 Å². The minimum absolute atomic E-state index is 0.526. The van der Waals surface area contributed by atoms with Crippen molar-refractivity contribution in [2.75, 3.05) is 18.4 Å². The van der Waals surface area contributed by atoms with Crippen LogP contribution in [0.1, 0.15) is 12.8 Å². The average molecular weight is 246 g/mol. The summed E-state index contributed by atoms with van der Waals surface area (Å²) in [5.41, 5.74) is 0. The molecule has 0 amide bonds. The molecular weight excluding hydrogens is 233 g/mol. The minimum Gasteiger partial charge on any atom is -0.367 e. The molecule has 5 heteroatoms. The zero-order chi connectivity index (χ0) is 10.7. The van der Waals surface area contributed by atoms with Gasteiger partial charge in [-0.3, -0.25) is 0 Å². The predicted octanol–water partition coefficient (Wildman–Crippen LogP) is 2.55. The van der Waals surface area contributed by atoms with Crippen LogP contribution in [0.3, 0.4) is 0 Å². The van der Waals surface area contributed by atoms with Gasteiger partial charge in [0.1, 0.15) is 5.82 Å². The Bertz CT molecular complexity index is 337. The fourth-order valence-electron chi connectivity index (χ4n) is 1.70. The van der Waals surface area contributed by atoms with Crippen molar-refractivity contribution in [1.82, 2.24) is 10.3 Å². The van der Waals surface area contributed by atoms with Crippen LogP contribution in [-0.4, -0.2) is 24.1 Å². The summed E-state index contributed by atoms with van der Waals surface area (Å²) in [6.45, 7) is 1.96. The first-order valence-corrected chi connectivity index (χ1v) is 5.79. The molecule has 1 atom stereocenters. The van der Waals surface area contributed by atoms with Crippen molar-refractivity contribution in [3.05, 3.63) is 22.3 Å². The number of hydrogen-bond donors (Lipinski definition) is 2. The second-order valence-electron chi connectivity index (χ2n) is 3.66. The van der Waals surface area contributed by atoms with E-state index in [2.05, 4.69) is 15.6 Å². The van der Waals surface area contributed by atoms with E-state index in [1.165, 1.54) is 12.8 Å². The number of pyridine rings is 1. The maximum absolute atomic E-state index is 5.99. The summed E-state index contributed by atoms with van der Waals surface area (Å²) in [5, 5.41) is 7.75. The lowest BCUT2D eigenvalue weighted by molar-refractivity contribution is 0.632. The normalized spacial score (nSPS) is 20.5. The van der Waals surface area contributed by atoms with Gasteiger partial charge in [-0.05, 0) is 25.5 Å². The van der Waals surface area contributed by atoms with Crippen molar-refractivity contribution >= 4 is 29.0 Å². The van der Waals surface area contributed by atoms with Gasteiger partial charge in [0.15, 0.2) is 0 Å². The van der Waals surface area contributed by atoms with E-state index in [0.717, 1.165) is 13.1 Å². The van der Waals surface area contributed by atoms with Gasteiger partial charge in [-0.15, -0.1) is 0 Å². The third kappa shape index (κ3) is 2.97. The Labute approximate surface area is 99.2 Å². The number of halogens is 2. The Morgan fingerprint density at radius 1 is 1.53 bits per heavy atom. The molecule has 0 radical (unpaired) electrons. The fourth-order valence-corrected chi connectivity index (χ4v) is 2.14. The summed E-state index contributed by atoms with van der Waals surface area (Å²) in [5.74, 6) is 0.703. The maximum atomic E-state index is 5.99. The van der Waals surface area contributed by atoms with Crippen LogP contribution in [0, 0.1) is 0 Å². The molecule has 1 aliphatic rings. The van der Waals surface area contributed by atoms with Crippen LogP contribution in [0.4, 0.5) is 5.82 Å². The lowest BCUT2D eigenvalue weighted by atomic mass is 10.2. The van der Waals surface area contributed by atoms with Crippen molar-refractivity contribution < 1.29 is 0 Å². The zero-order valence-corrected chi connectivity index (χ0v) is 9.78. The van der Waals surface area contributed by atoms with E-state index in [-0.39, 0.29) is 0 Å². The maximum Gasteiger partial charge on any atom is 0.144 e. The summed E-state index contributed by atoms with van der Waals surface area (Å²) in [6.07, 6.45) is 4.05. The summed E-state index contributed by atoms with van der Waals surface area (Å²) in [4.78, 5) is 4.14. The Morgan fingerprint density at radius 3 is 3.07 bits per heavy atom. The highest BCUT2D eigenvalue weighted by Gasteiger charge is 2.14. The molecule has 0 aliphatic carbocycles. The van der Waals surface area contributed by atoms with Crippen LogP contribution in [0.25, 0.3) is 0 Å². The second kappa shape index (κ2) is 5.01. The van der Waals surface area contributed by atoms with Gasteiger partial charge in [-0.1, -0.05) is 23.2 Å². The molecule has 2 rings (SSSR count). The molecule has 82 valence electrons. The molecule has 2 heterocycles. The van der Waals surface area contributed by atoms with Gasteiger partial charge < -0.3 is 10.6 Å². The van der Waals surface area contributed by atoms with Crippen molar-refractivity contribution in [1.29, 1.82) is 0 Å². The molecule has 0 spiro atoms. The van der Waals surface area contributed by atoms with Gasteiger partial charge >= 0.3 is 0 Å². The third-order valence-corrected chi connectivity index (χ3v) is 2.98. The van der Waals surface area contributed by atoms with E-state index in [4.69, 9.17) is 23.2 Å². The molecule has 1 saturated heterocycles. The molecule has 1 unspecified atom stereocenters. The summed E-state index contributed by atoms with van der Waals surface area (Å²) in [7, 11) is 0. The first kappa shape index (κ1) is 11.0. The molecule has 1 aromatic rings.